The van der Waals surface area contributed by atoms with Crippen molar-refractivity contribution < 1.29 is 0 Å². The predicted octanol–water partition coefficient (Wildman–Crippen LogP) is 15.1. The van der Waals surface area contributed by atoms with E-state index >= 15 is 0 Å². The molecule has 0 unspecified atom stereocenters. The fourth-order valence-electron chi connectivity index (χ4n) is 9.51. The maximum absolute atomic E-state index is 5.15. The van der Waals surface area contributed by atoms with Gasteiger partial charge in [-0.15, -0.1) is 11.3 Å². The molecule has 0 saturated heterocycles. The Morgan fingerprint density at radius 1 is 0.302 bits per heavy atom. The number of thiophene rings is 1. The van der Waals surface area contributed by atoms with Crippen molar-refractivity contribution >= 4 is 75.1 Å². The van der Waals surface area contributed by atoms with E-state index in [1.54, 1.807) is 11.3 Å². The Morgan fingerprint density at radius 2 is 0.810 bits per heavy atom. The van der Waals surface area contributed by atoms with Gasteiger partial charge in [-0.1, -0.05) is 140 Å². The van der Waals surface area contributed by atoms with Gasteiger partial charge in [0.15, 0.2) is 17.5 Å². The molecule has 0 aliphatic rings. The lowest BCUT2D eigenvalue weighted by molar-refractivity contribution is 1.08. The minimum Gasteiger partial charge on any atom is -0.309 e. The zero-order chi connectivity index (χ0) is 41.4. The second kappa shape index (κ2) is 14.2. The number of para-hydroxylation sites is 3. The summed E-state index contributed by atoms with van der Waals surface area (Å²) in [6, 6.07) is 75.7. The standard InChI is InChI=1S/C57H35N5S/c1-4-15-36(16-5-1)55-58-56(37-17-6-2-7-18-37)60-57(59-55)44-23-14-26-53-54(44)47-35-41(29-32-52(47)63-53)62-49-25-13-11-22-43(49)46-34-39(28-31-51(46)62)38-27-30-50-45(33-38)42-21-10-12-24-48(42)61(50)40-19-8-3-9-20-40/h1-35H. The highest BCUT2D eigenvalue weighted by atomic mass is 32.1. The van der Waals surface area contributed by atoms with Gasteiger partial charge in [0.1, 0.15) is 0 Å². The minimum absolute atomic E-state index is 0.653. The Bertz CT molecular complexity index is 3850. The Morgan fingerprint density at radius 3 is 1.41 bits per heavy atom. The van der Waals surface area contributed by atoms with Crippen molar-refractivity contribution in [2.24, 2.45) is 0 Å². The second-order valence-corrected chi connectivity index (χ2v) is 17.1. The first-order valence-corrected chi connectivity index (χ1v) is 22.0. The molecular weight excluding hydrogens is 787 g/mol. The Balaban J connectivity index is 0.971. The SMILES string of the molecule is c1ccc(-c2nc(-c3ccccc3)nc(-c3cccc4sc5ccc(-n6c7ccccc7c7cc(-c8ccc9c(c8)c8ccccc8n9-c8ccccc8)ccc76)cc5c34)n2)cc1. The predicted molar refractivity (Wildman–Crippen MR) is 263 cm³/mol. The van der Waals surface area contributed by atoms with Crippen molar-refractivity contribution in [3.05, 3.63) is 212 Å². The number of nitrogens with zero attached hydrogens (tertiary/aromatic N) is 5. The molecule has 0 saturated carbocycles. The van der Waals surface area contributed by atoms with Crippen molar-refractivity contribution in [1.29, 1.82) is 0 Å². The van der Waals surface area contributed by atoms with Gasteiger partial charge in [-0.05, 0) is 83.9 Å². The molecule has 13 rings (SSSR count). The van der Waals surface area contributed by atoms with Gasteiger partial charge < -0.3 is 9.13 Å². The molecule has 0 N–H and O–H groups in total. The highest BCUT2D eigenvalue weighted by Gasteiger charge is 2.20. The van der Waals surface area contributed by atoms with Crippen molar-refractivity contribution in [3.8, 4) is 56.7 Å². The van der Waals surface area contributed by atoms with Gasteiger partial charge in [-0.25, -0.2) is 15.0 Å². The van der Waals surface area contributed by atoms with Crippen molar-refractivity contribution in [2.45, 2.75) is 0 Å². The largest absolute Gasteiger partial charge is 0.309 e. The normalized spacial score (nSPS) is 11.8. The van der Waals surface area contributed by atoms with Crippen molar-refractivity contribution in [3.63, 3.8) is 0 Å². The highest BCUT2D eigenvalue weighted by molar-refractivity contribution is 7.26. The van der Waals surface area contributed by atoms with E-state index in [0.29, 0.717) is 17.5 Å². The van der Waals surface area contributed by atoms with Crippen LogP contribution in [0.25, 0.3) is 120 Å². The van der Waals surface area contributed by atoms with E-state index in [1.165, 1.54) is 69.5 Å². The summed E-state index contributed by atoms with van der Waals surface area (Å²) in [6.45, 7) is 0. The van der Waals surface area contributed by atoms with Crippen LogP contribution in [0.2, 0.25) is 0 Å². The lowest BCUT2D eigenvalue weighted by Crippen LogP contribution is -2.00. The van der Waals surface area contributed by atoms with Crippen LogP contribution >= 0.6 is 11.3 Å². The summed E-state index contributed by atoms with van der Waals surface area (Å²) in [7, 11) is 0. The van der Waals surface area contributed by atoms with Crippen LogP contribution in [0.5, 0.6) is 0 Å². The van der Waals surface area contributed by atoms with Gasteiger partial charge in [0.25, 0.3) is 0 Å². The molecule has 0 amide bonds. The maximum atomic E-state index is 5.15. The van der Waals surface area contributed by atoms with Crippen LogP contribution in [0, 0.1) is 0 Å². The van der Waals surface area contributed by atoms with Gasteiger partial charge in [-0.3, -0.25) is 0 Å². The smallest absolute Gasteiger partial charge is 0.164 e. The van der Waals surface area contributed by atoms with Gasteiger partial charge >= 0.3 is 0 Å². The van der Waals surface area contributed by atoms with Crippen LogP contribution in [0.1, 0.15) is 0 Å². The summed E-state index contributed by atoms with van der Waals surface area (Å²) in [4.78, 5) is 15.3. The molecule has 0 atom stereocenters. The summed E-state index contributed by atoms with van der Waals surface area (Å²) in [5, 5.41) is 7.26. The van der Waals surface area contributed by atoms with Gasteiger partial charge in [0.05, 0.1) is 22.1 Å². The fraction of sp³-hybridized carbons (Fsp3) is 0. The number of hydrogen-bond donors (Lipinski definition) is 0. The van der Waals surface area contributed by atoms with Gasteiger partial charge in [0.2, 0.25) is 0 Å². The van der Waals surface area contributed by atoms with Crippen molar-refractivity contribution in [2.75, 3.05) is 0 Å². The highest BCUT2D eigenvalue weighted by Crippen LogP contribution is 2.43. The molecular formula is C57H35N5S. The third-order valence-corrected chi connectivity index (χ3v) is 13.5. The lowest BCUT2D eigenvalue weighted by Gasteiger charge is -2.11. The van der Waals surface area contributed by atoms with E-state index in [4.69, 9.17) is 15.0 Å². The second-order valence-electron chi connectivity index (χ2n) is 16.0. The number of fused-ring (bicyclic) bond motifs is 9. The summed E-state index contributed by atoms with van der Waals surface area (Å²) in [6.07, 6.45) is 0. The molecule has 0 fully saturated rings. The summed E-state index contributed by atoms with van der Waals surface area (Å²) in [5.74, 6) is 1.96. The molecule has 0 bridgehead atoms. The van der Waals surface area contributed by atoms with Crippen molar-refractivity contribution in [1.82, 2.24) is 24.1 Å². The zero-order valence-electron chi connectivity index (χ0n) is 33.9. The van der Waals surface area contributed by atoms with E-state index in [0.717, 1.165) is 33.5 Å². The quantitative estimate of drug-likeness (QED) is 0.168. The summed E-state index contributed by atoms with van der Waals surface area (Å²) >= 11 is 1.80. The molecule has 5 nitrogen and oxygen atoms in total. The van der Waals surface area contributed by atoms with Crippen LogP contribution < -0.4 is 0 Å². The van der Waals surface area contributed by atoms with Gasteiger partial charge in [-0.2, -0.15) is 0 Å². The molecule has 0 aliphatic carbocycles. The Labute approximate surface area is 366 Å². The monoisotopic (exact) mass is 821 g/mol. The number of aromatic nitrogens is 5. The lowest BCUT2D eigenvalue weighted by atomic mass is 10.0. The molecule has 0 spiro atoms. The van der Waals surface area contributed by atoms with Crippen LogP contribution in [-0.2, 0) is 0 Å². The molecule has 13 aromatic rings. The van der Waals surface area contributed by atoms with E-state index in [2.05, 4.69) is 185 Å². The van der Waals surface area contributed by atoms with Crippen LogP contribution in [0.3, 0.4) is 0 Å². The third kappa shape index (κ3) is 5.73. The Hall–Kier alpha value is -8.19. The molecule has 63 heavy (non-hydrogen) atoms. The first-order chi connectivity index (χ1) is 31.2. The van der Waals surface area contributed by atoms with Gasteiger partial charge in [0, 0.05) is 69.8 Å². The van der Waals surface area contributed by atoms with E-state index in [1.807, 2.05) is 36.4 Å². The number of hydrogen-bond acceptors (Lipinski definition) is 4. The molecule has 6 heteroatoms. The number of rotatable bonds is 6. The zero-order valence-corrected chi connectivity index (χ0v) is 34.7. The molecule has 4 aromatic heterocycles. The minimum atomic E-state index is 0.653. The Kier molecular flexibility index (Phi) is 8.01. The summed E-state index contributed by atoms with van der Waals surface area (Å²) < 4.78 is 7.20. The third-order valence-electron chi connectivity index (χ3n) is 12.4. The average molecular weight is 822 g/mol. The van der Waals surface area contributed by atoms with Crippen LogP contribution in [-0.4, -0.2) is 24.1 Å². The molecule has 0 radical (unpaired) electrons. The fourth-order valence-corrected chi connectivity index (χ4v) is 10.6. The molecule has 0 aliphatic heterocycles. The molecule has 9 aromatic carbocycles. The van der Waals surface area contributed by atoms with E-state index in [-0.39, 0.29) is 0 Å². The molecule has 4 heterocycles. The van der Waals surface area contributed by atoms with Crippen LogP contribution in [0.4, 0.5) is 0 Å². The molecule has 294 valence electrons. The topological polar surface area (TPSA) is 48.5 Å². The number of benzene rings is 9. The summed E-state index contributed by atoms with van der Waals surface area (Å²) in [5.41, 5.74) is 12.3. The maximum Gasteiger partial charge on any atom is 0.164 e. The van der Waals surface area contributed by atoms with E-state index < -0.39 is 0 Å². The average Bonchev–Trinajstić information content (AvgIpc) is 4.01. The first-order valence-electron chi connectivity index (χ1n) is 21.2. The van der Waals surface area contributed by atoms with E-state index in [9.17, 15) is 0 Å². The first kappa shape index (κ1) is 35.6. The van der Waals surface area contributed by atoms with Crippen LogP contribution in [0.15, 0.2) is 212 Å².